The third-order valence-corrected chi connectivity index (χ3v) is 7.36. The molecule has 3 heterocycles. The molecule has 0 amide bonds. The molecule has 2 aromatic carbocycles. The van der Waals surface area contributed by atoms with Gasteiger partial charge in [-0.3, -0.25) is 0 Å². The summed E-state index contributed by atoms with van der Waals surface area (Å²) in [6.07, 6.45) is -1.59. The van der Waals surface area contributed by atoms with Crippen LogP contribution in [0.2, 0.25) is 9.49 Å². The van der Waals surface area contributed by atoms with Gasteiger partial charge in [0.15, 0.2) is 4.47 Å². The zero-order valence-electron chi connectivity index (χ0n) is 19.3. The average molecular weight is 580 g/mol. The summed E-state index contributed by atoms with van der Waals surface area (Å²) in [4.78, 5) is 18.2. The van der Waals surface area contributed by atoms with Crippen molar-refractivity contribution in [3.63, 3.8) is 0 Å². The summed E-state index contributed by atoms with van der Waals surface area (Å²) >= 11 is 13.3. The Labute approximate surface area is 226 Å². The molecule has 0 aliphatic rings. The summed E-state index contributed by atoms with van der Waals surface area (Å²) in [6.45, 7) is 1.80. The predicted molar refractivity (Wildman–Crippen MR) is 135 cm³/mol. The molecule has 0 bridgehead atoms. The van der Waals surface area contributed by atoms with Gasteiger partial charge in [-0.15, -0.1) is 11.3 Å². The molecule has 5 aromatic rings. The van der Waals surface area contributed by atoms with E-state index < -0.39 is 29.0 Å². The SMILES string of the molecule is Cc1cccn2c(=O)c(-c3cc(F)cc(-c4ccc(C(F)(F)F)cc4Cl)c3)c([O-])[n+](Cc3cnc(Cl)s3)c12. The molecule has 5 rings (SSSR count). The molecule has 194 valence electrons. The molecule has 3 aromatic heterocycles. The minimum atomic E-state index is -4.61. The Hall–Kier alpha value is -3.47. The summed E-state index contributed by atoms with van der Waals surface area (Å²) in [7, 11) is 0. The van der Waals surface area contributed by atoms with E-state index in [1.54, 1.807) is 19.1 Å². The number of halogens is 6. The minimum Gasteiger partial charge on any atom is -0.842 e. The van der Waals surface area contributed by atoms with Crippen LogP contribution in [0.25, 0.3) is 27.9 Å². The fourth-order valence-electron chi connectivity index (χ4n) is 4.28. The van der Waals surface area contributed by atoms with Gasteiger partial charge >= 0.3 is 11.7 Å². The van der Waals surface area contributed by atoms with Crippen molar-refractivity contribution in [2.24, 2.45) is 0 Å². The highest BCUT2D eigenvalue weighted by Crippen LogP contribution is 2.37. The molecule has 38 heavy (non-hydrogen) atoms. The smallest absolute Gasteiger partial charge is 0.416 e. The molecular weight excluding hydrogens is 565 g/mol. The molecular formula is C26H15Cl2F4N3O2S. The Morgan fingerprint density at radius 1 is 1.11 bits per heavy atom. The normalized spacial score (nSPS) is 11.9. The quantitative estimate of drug-likeness (QED) is 0.186. The van der Waals surface area contributed by atoms with Gasteiger partial charge in [-0.2, -0.15) is 17.6 Å². The van der Waals surface area contributed by atoms with E-state index in [0.29, 0.717) is 16.1 Å². The largest absolute Gasteiger partial charge is 0.842 e. The van der Waals surface area contributed by atoms with Gasteiger partial charge in [0.25, 0.3) is 5.65 Å². The molecule has 0 unspecified atom stereocenters. The molecule has 12 heteroatoms. The lowest BCUT2D eigenvalue weighted by molar-refractivity contribution is -0.707. The monoisotopic (exact) mass is 579 g/mol. The van der Waals surface area contributed by atoms with Crippen LogP contribution in [0.15, 0.2) is 65.7 Å². The van der Waals surface area contributed by atoms with Crippen LogP contribution in [0.1, 0.15) is 16.0 Å². The van der Waals surface area contributed by atoms with Crippen LogP contribution in [0.5, 0.6) is 5.88 Å². The number of hydrogen-bond acceptors (Lipinski definition) is 4. The van der Waals surface area contributed by atoms with E-state index >= 15 is 0 Å². The maximum absolute atomic E-state index is 14.8. The topological polar surface area (TPSA) is 61.3 Å². The van der Waals surface area contributed by atoms with E-state index in [0.717, 1.165) is 30.3 Å². The van der Waals surface area contributed by atoms with Crippen molar-refractivity contribution in [2.45, 2.75) is 19.6 Å². The maximum atomic E-state index is 14.8. The van der Waals surface area contributed by atoms with Crippen molar-refractivity contribution < 1.29 is 27.2 Å². The van der Waals surface area contributed by atoms with Crippen LogP contribution in [-0.2, 0) is 12.7 Å². The van der Waals surface area contributed by atoms with Gasteiger partial charge in [0.05, 0.1) is 22.5 Å². The van der Waals surface area contributed by atoms with Crippen molar-refractivity contribution >= 4 is 40.2 Å². The van der Waals surface area contributed by atoms with Crippen LogP contribution in [0.4, 0.5) is 17.6 Å². The zero-order valence-corrected chi connectivity index (χ0v) is 21.6. The number of benzene rings is 2. The van der Waals surface area contributed by atoms with E-state index in [1.165, 1.54) is 38.8 Å². The van der Waals surface area contributed by atoms with Crippen molar-refractivity contribution in [1.82, 2.24) is 9.38 Å². The van der Waals surface area contributed by atoms with Gasteiger partial charge in [0, 0.05) is 22.3 Å². The van der Waals surface area contributed by atoms with Gasteiger partial charge < -0.3 is 5.11 Å². The highest BCUT2D eigenvalue weighted by molar-refractivity contribution is 7.15. The maximum Gasteiger partial charge on any atom is 0.416 e. The Balaban J connectivity index is 1.74. The van der Waals surface area contributed by atoms with Crippen LogP contribution in [0, 0.1) is 12.7 Å². The summed E-state index contributed by atoms with van der Waals surface area (Å²) in [5.41, 5.74) is -0.784. The second-order valence-electron chi connectivity index (χ2n) is 8.46. The Bertz CT molecular complexity index is 1780. The highest BCUT2D eigenvalue weighted by atomic mass is 35.5. The molecule has 0 saturated heterocycles. The summed E-state index contributed by atoms with van der Waals surface area (Å²) in [6, 6.07) is 9.52. The molecule has 0 fully saturated rings. The predicted octanol–water partition coefficient (Wildman–Crippen LogP) is 6.27. The molecule has 0 N–H and O–H groups in total. The van der Waals surface area contributed by atoms with E-state index in [-0.39, 0.29) is 38.3 Å². The number of fused-ring (bicyclic) bond motifs is 1. The van der Waals surface area contributed by atoms with Gasteiger partial charge in [0.2, 0.25) is 0 Å². The summed E-state index contributed by atoms with van der Waals surface area (Å²) in [5.74, 6) is -1.48. The van der Waals surface area contributed by atoms with Gasteiger partial charge in [0.1, 0.15) is 17.9 Å². The first-order valence-electron chi connectivity index (χ1n) is 11.0. The molecule has 0 spiro atoms. The molecule has 0 saturated carbocycles. The highest BCUT2D eigenvalue weighted by Gasteiger charge is 2.31. The second kappa shape index (κ2) is 9.68. The average Bonchev–Trinajstić information content (AvgIpc) is 3.25. The molecule has 5 nitrogen and oxygen atoms in total. The van der Waals surface area contributed by atoms with E-state index in [9.17, 15) is 27.5 Å². The van der Waals surface area contributed by atoms with Crippen molar-refractivity contribution in [1.29, 1.82) is 0 Å². The number of rotatable bonds is 4. The third kappa shape index (κ3) is 4.75. The number of pyridine rings is 1. The summed E-state index contributed by atoms with van der Waals surface area (Å²) < 4.78 is 57.1. The van der Waals surface area contributed by atoms with E-state index in [2.05, 4.69) is 4.98 Å². The standard InChI is InChI=1S/C26H15Cl2F4N3O2S/c1-13-3-2-6-34-22(13)35(12-18-11-33-25(28)38-18)24(37)21(23(34)36)15-7-14(8-17(29)9-15)19-5-4-16(10-20(19)27)26(30,31)32/h2-11H,12H2,1H3. The first-order chi connectivity index (χ1) is 17.9. The lowest BCUT2D eigenvalue weighted by Crippen LogP contribution is -2.44. The third-order valence-electron chi connectivity index (χ3n) is 5.94. The van der Waals surface area contributed by atoms with Gasteiger partial charge in [-0.1, -0.05) is 29.3 Å². The fraction of sp³-hybridized carbons (Fsp3) is 0.115. The van der Waals surface area contributed by atoms with Crippen molar-refractivity contribution in [3.8, 4) is 28.1 Å². The summed E-state index contributed by atoms with van der Waals surface area (Å²) in [5, 5.41) is 13.5. The van der Waals surface area contributed by atoms with E-state index in [1.807, 2.05) is 0 Å². The number of aromatic nitrogens is 3. The number of nitrogens with zero attached hydrogens (tertiary/aromatic N) is 3. The van der Waals surface area contributed by atoms with Crippen molar-refractivity contribution in [2.75, 3.05) is 0 Å². The Kier molecular flexibility index (Phi) is 6.66. The van der Waals surface area contributed by atoms with Gasteiger partial charge in [-0.05, 0) is 60.5 Å². The first-order valence-corrected chi connectivity index (χ1v) is 12.5. The lowest BCUT2D eigenvalue weighted by atomic mass is 9.98. The van der Waals surface area contributed by atoms with Crippen LogP contribution < -0.4 is 15.2 Å². The van der Waals surface area contributed by atoms with Crippen molar-refractivity contribution in [3.05, 3.63) is 103 Å². The first kappa shape index (κ1) is 26.1. The minimum absolute atomic E-state index is 0.0436. The second-order valence-corrected chi connectivity index (χ2v) is 10.6. The Morgan fingerprint density at radius 2 is 1.84 bits per heavy atom. The number of hydrogen-bond donors (Lipinski definition) is 0. The van der Waals surface area contributed by atoms with E-state index in [4.69, 9.17) is 23.2 Å². The Morgan fingerprint density at radius 3 is 2.50 bits per heavy atom. The number of alkyl halides is 3. The van der Waals surface area contributed by atoms with Crippen LogP contribution in [0.3, 0.4) is 0 Å². The molecule has 0 atom stereocenters. The molecule has 0 radical (unpaired) electrons. The lowest BCUT2D eigenvalue weighted by Gasteiger charge is -2.18. The number of aryl methyl sites for hydroxylation is 1. The number of thiazole rings is 1. The molecule has 0 aliphatic heterocycles. The fourth-order valence-corrected chi connectivity index (χ4v) is 5.54. The van der Waals surface area contributed by atoms with Crippen LogP contribution >= 0.6 is 34.5 Å². The molecule has 0 aliphatic carbocycles. The van der Waals surface area contributed by atoms with Crippen LogP contribution in [-0.4, -0.2) is 9.38 Å². The van der Waals surface area contributed by atoms with Gasteiger partial charge in [-0.25, -0.2) is 18.7 Å². The zero-order chi connectivity index (χ0) is 27.4.